The predicted molar refractivity (Wildman–Crippen MR) is 91.6 cm³/mol. The van der Waals surface area contributed by atoms with E-state index in [2.05, 4.69) is 28.2 Å². The molecule has 5 rings (SSSR count). The molecule has 22 heavy (non-hydrogen) atoms. The fourth-order valence-corrected chi connectivity index (χ4v) is 6.27. The van der Waals surface area contributed by atoms with Gasteiger partial charge in [0.15, 0.2) is 0 Å². The second kappa shape index (κ2) is 5.67. The molecule has 1 amide bonds. The number of amides is 1. The van der Waals surface area contributed by atoms with E-state index in [4.69, 9.17) is 0 Å². The lowest BCUT2D eigenvalue weighted by Gasteiger charge is -2.56. The molecule has 0 aliphatic heterocycles. The summed E-state index contributed by atoms with van der Waals surface area (Å²) in [7, 11) is 0. The maximum absolute atomic E-state index is 12.6. The first-order valence-electron chi connectivity index (χ1n) is 8.67. The van der Waals surface area contributed by atoms with Crippen molar-refractivity contribution in [3.63, 3.8) is 0 Å². The van der Waals surface area contributed by atoms with Crippen molar-refractivity contribution in [3.05, 3.63) is 34.3 Å². The SMILES string of the molecule is C[C@@H](NC(=O)c1ccccc1Br)C1C2CC3CC(C2)CC1C3. The molecule has 0 heterocycles. The summed E-state index contributed by atoms with van der Waals surface area (Å²) in [6.45, 7) is 2.22. The normalized spacial score (nSPS) is 37.1. The molecule has 4 saturated carbocycles. The molecule has 0 radical (unpaired) electrons. The third kappa shape index (κ3) is 2.51. The first-order valence-corrected chi connectivity index (χ1v) is 9.46. The number of halogens is 1. The van der Waals surface area contributed by atoms with E-state index in [-0.39, 0.29) is 11.9 Å². The van der Waals surface area contributed by atoms with Crippen LogP contribution in [0.25, 0.3) is 0 Å². The minimum atomic E-state index is 0.0637. The van der Waals surface area contributed by atoms with Crippen LogP contribution in [0.2, 0.25) is 0 Å². The molecule has 1 N–H and O–H groups in total. The third-order valence-electron chi connectivity index (χ3n) is 6.35. The van der Waals surface area contributed by atoms with Crippen LogP contribution in [-0.2, 0) is 0 Å². The Kier molecular flexibility index (Phi) is 3.80. The smallest absolute Gasteiger partial charge is 0.252 e. The average molecular weight is 362 g/mol. The van der Waals surface area contributed by atoms with Crippen molar-refractivity contribution >= 4 is 21.8 Å². The van der Waals surface area contributed by atoms with Gasteiger partial charge in [-0.25, -0.2) is 0 Å². The van der Waals surface area contributed by atoms with Crippen molar-refractivity contribution in [2.24, 2.45) is 29.6 Å². The van der Waals surface area contributed by atoms with Crippen molar-refractivity contribution < 1.29 is 4.79 Å². The van der Waals surface area contributed by atoms with Crippen LogP contribution < -0.4 is 5.32 Å². The standard InChI is InChI=1S/C19H24BrNO/c1-11(21-19(22)16-4-2-3-5-17(16)20)18-14-7-12-6-13(9-14)10-15(18)8-12/h2-5,11-15,18H,6-10H2,1H3,(H,21,22)/t11-,12?,13?,14?,15?,18?/m1/s1. The monoisotopic (exact) mass is 361 g/mol. The van der Waals surface area contributed by atoms with Gasteiger partial charge in [-0.3, -0.25) is 4.79 Å². The van der Waals surface area contributed by atoms with Crippen LogP contribution in [-0.4, -0.2) is 11.9 Å². The summed E-state index contributed by atoms with van der Waals surface area (Å²) in [4.78, 5) is 12.6. The van der Waals surface area contributed by atoms with Crippen molar-refractivity contribution in [3.8, 4) is 0 Å². The lowest BCUT2D eigenvalue weighted by Crippen LogP contribution is -2.53. The highest BCUT2D eigenvalue weighted by atomic mass is 79.9. The Morgan fingerprint density at radius 1 is 1.09 bits per heavy atom. The Bertz CT molecular complexity index is 557. The average Bonchev–Trinajstić information content (AvgIpc) is 2.46. The van der Waals surface area contributed by atoms with Crippen molar-refractivity contribution in [2.75, 3.05) is 0 Å². The molecule has 4 aliphatic carbocycles. The lowest BCUT2D eigenvalue weighted by molar-refractivity contribution is -0.0480. The van der Waals surface area contributed by atoms with E-state index < -0.39 is 0 Å². The van der Waals surface area contributed by atoms with Crippen LogP contribution in [0.1, 0.15) is 49.4 Å². The Labute approximate surface area is 141 Å². The number of benzene rings is 1. The van der Waals surface area contributed by atoms with Gasteiger partial charge in [-0.2, -0.15) is 0 Å². The molecule has 0 saturated heterocycles. The maximum Gasteiger partial charge on any atom is 0.252 e. The van der Waals surface area contributed by atoms with Gasteiger partial charge < -0.3 is 5.32 Å². The summed E-state index contributed by atoms with van der Waals surface area (Å²) in [6.07, 6.45) is 7.12. The molecule has 4 fully saturated rings. The highest BCUT2D eigenvalue weighted by molar-refractivity contribution is 9.10. The summed E-state index contributed by atoms with van der Waals surface area (Å²) in [5.41, 5.74) is 0.748. The minimum absolute atomic E-state index is 0.0637. The van der Waals surface area contributed by atoms with Gasteiger partial charge in [0.25, 0.3) is 5.91 Å². The zero-order valence-corrected chi connectivity index (χ0v) is 14.7. The summed E-state index contributed by atoms with van der Waals surface area (Å²) >= 11 is 3.48. The molecule has 1 aromatic rings. The van der Waals surface area contributed by atoms with Gasteiger partial charge in [0.1, 0.15) is 0 Å². The largest absolute Gasteiger partial charge is 0.349 e. The quantitative estimate of drug-likeness (QED) is 0.834. The van der Waals surface area contributed by atoms with E-state index in [1.54, 1.807) is 0 Å². The molecule has 2 nitrogen and oxygen atoms in total. The number of carbonyl (C=O) groups is 1. The summed E-state index contributed by atoms with van der Waals surface area (Å²) in [5.74, 6) is 4.44. The Balaban J connectivity index is 1.47. The van der Waals surface area contributed by atoms with Gasteiger partial charge in [0, 0.05) is 10.5 Å². The van der Waals surface area contributed by atoms with Crippen LogP contribution >= 0.6 is 15.9 Å². The number of hydrogen-bond donors (Lipinski definition) is 1. The molecule has 0 aromatic heterocycles. The summed E-state index contributed by atoms with van der Waals surface area (Å²) in [5, 5.41) is 3.30. The molecule has 4 aliphatic rings. The number of hydrogen-bond acceptors (Lipinski definition) is 1. The Hall–Kier alpha value is -0.830. The first kappa shape index (κ1) is 14.7. The summed E-state index contributed by atoms with van der Waals surface area (Å²) in [6, 6.07) is 7.98. The first-order chi connectivity index (χ1) is 10.6. The predicted octanol–water partition coefficient (Wildman–Crippen LogP) is 4.64. The van der Waals surface area contributed by atoms with E-state index in [9.17, 15) is 4.79 Å². The van der Waals surface area contributed by atoms with Crippen LogP contribution in [0.4, 0.5) is 0 Å². The fourth-order valence-electron chi connectivity index (χ4n) is 5.81. The molecule has 1 atom stereocenters. The fraction of sp³-hybridized carbons (Fsp3) is 0.632. The van der Waals surface area contributed by atoms with E-state index in [1.807, 2.05) is 24.3 Å². The van der Waals surface area contributed by atoms with Crippen LogP contribution in [0, 0.1) is 29.6 Å². The van der Waals surface area contributed by atoms with Gasteiger partial charge in [-0.15, -0.1) is 0 Å². The highest BCUT2D eigenvalue weighted by Crippen LogP contribution is 2.57. The lowest BCUT2D eigenvalue weighted by atomic mass is 9.50. The van der Waals surface area contributed by atoms with Gasteiger partial charge in [-0.05, 0) is 96.7 Å². The molecule has 118 valence electrons. The van der Waals surface area contributed by atoms with Gasteiger partial charge >= 0.3 is 0 Å². The van der Waals surface area contributed by atoms with Crippen molar-refractivity contribution in [2.45, 2.75) is 45.1 Å². The molecular weight excluding hydrogens is 338 g/mol. The second-order valence-electron chi connectivity index (χ2n) is 7.75. The molecule has 0 unspecified atom stereocenters. The number of carbonyl (C=O) groups excluding carboxylic acids is 1. The van der Waals surface area contributed by atoms with Crippen molar-refractivity contribution in [1.82, 2.24) is 5.32 Å². The van der Waals surface area contributed by atoms with E-state index in [0.717, 1.165) is 33.7 Å². The third-order valence-corrected chi connectivity index (χ3v) is 7.05. The molecule has 1 aromatic carbocycles. The zero-order chi connectivity index (χ0) is 15.3. The van der Waals surface area contributed by atoms with Crippen molar-refractivity contribution in [1.29, 1.82) is 0 Å². The minimum Gasteiger partial charge on any atom is -0.349 e. The molecule has 0 spiro atoms. The second-order valence-corrected chi connectivity index (χ2v) is 8.60. The zero-order valence-electron chi connectivity index (χ0n) is 13.1. The Morgan fingerprint density at radius 2 is 1.68 bits per heavy atom. The number of rotatable bonds is 3. The maximum atomic E-state index is 12.6. The van der Waals surface area contributed by atoms with E-state index >= 15 is 0 Å². The molecule has 3 heteroatoms. The topological polar surface area (TPSA) is 29.1 Å². The van der Waals surface area contributed by atoms with Gasteiger partial charge in [0.05, 0.1) is 5.56 Å². The number of nitrogens with one attached hydrogen (secondary N) is 1. The molecule has 4 bridgehead atoms. The van der Waals surface area contributed by atoms with Crippen LogP contribution in [0.15, 0.2) is 28.7 Å². The molecular formula is C19H24BrNO. The van der Waals surface area contributed by atoms with Gasteiger partial charge in [0.2, 0.25) is 0 Å². The van der Waals surface area contributed by atoms with E-state index in [0.29, 0.717) is 5.92 Å². The highest BCUT2D eigenvalue weighted by Gasteiger charge is 2.49. The Morgan fingerprint density at radius 3 is 2.27 bits per heavy atom. The van der Waals surface area contributed by atoms with Crippen LogP contribution in [0.5, 0.6) is 0 Å². The summed E-state index contributed by atoms with van der Waals surface area (Å²) < 4.78 is 0.879. The van der Waals surface area contributed by atoms with Gasteiger partial charge in [-0.1, -0.05) is 12.1 Å². The van der Waals surface area contributed by atoms with E-state index in [1.165, 1.54) is 32.1 Å². The van der Waals surface area contributed by atoms with Crippen LogP contribution in [0.3, 0.4) is 0 Å².